The number of fused-ring (bicyclic) bond motifs is 1. The summed E-state index contributed by atoms with van der Waals surface area (Å²) >= 11 is 0. The van der Waals surface area contributed by atoms with Crippen molar-refractivity contribution in [3.05, 3.63) is 66.2 Å². The van der Waals surface area contributed by atoms with Gasteiger partial charge in [0.25, 0.3) is 0 Å². The molecule has 0 bridgehead atoms. The molecule has 2 aromatic heterocycles. The minimum atomic E-state index is -4.53. The van der Waals surface area contributed by atoms with Gasteiger partial charge >= 0.3 is 12.2 Å². The number of nitrogens with zero attached hydrogens (tertiary/aromatic N) is 4. The Kier molecular flexibility index (Phi) is 5.84. The molecule has 170 valence electrons. The molecule has 0 saturated heterocycles. The number of hydrogen-bond acceptors (Lipinski definition) is 6. The Bertz CT molecular complexity index is 1300. The number of rotatable bonds is 5. The van der Waals surface area contributed by atoms with Gasteiger partial charge in [-0.2, -0.15) is 13.2 Å². The molecule has 5 N–H and O–H groups in total. The van der Waals surface area contributed by atoms with E-state index in [2.05, 4.69) is 30.9 Å². The molecule has 0 aliphatic heterocycles. The zero-order valence-corrected chi connectivity index (χ0v) is 17.3. The molecular formula is C21H19F3N8O. The Morgan fingerprint density at radius 2 is 1.76 bits per heavy atom. The molecule has 0 saturated carbocycles. The first-order valence-electron chi connectivity index (χ1n) is 9.72. The average molecular weight is 456 g/mol. The molecule has 0 aliphatic rings. The number of amides is 2. The summed E-state index contributed by atoms with van der Waals surface area (Å²) in [5, 5.41) is 7.85. The molecule has 2 amide bonds. The van der Waals surface area contributed by atoms with Gasteiger partial charge < -0.3 is 21.7 Å². The van der Waals surface area contributed by atoms with Crippen LogP contribution in [-0.4, -0.2) is 32.6 Å². The maximum atomic E-state index is 13.2. The summed E-state index contributed by atoms with van der Waals surface area (Å²) in [6.07, 6.45) is -1.65. The number of alkyl halides is 3. The average Bonchev–Trinajstić information content (AvgIpc) is 3.19. The third-order valence-corrected chi connectivity index (χ3v) is 4.73. The second-order valence-corrected chi connectivity index (χ2v) is 7.12. The first-order chi connectivity index (χ1) is 15.7. The van der Waals surface area contributed by atoms with E-state index in [1.54, 1.807) is 42.2 Å². The van der Waals surface area contributed by atoms with Crippen LogP contribution in [0, 0.1) is 0 Å². The summed E-state index contributed by atoms with van der Waals surface area (Å²) < 4.78 is 41.2. The van der Waals surface area contributed by atoms with E-state index in [0.29, 0.717) is 28.1 Å². The van der Waals surface area contributed by atoms with E-state index in [4.69, 9.17) is 5.73 Å². The fourth-order valence-corrected chi connectivity index (χ4v) is 3.31. The van der Waals surface area contributed by atoms with Gasteiger partial charge in [-0.25, -0.2) is 19.7 Å². The number of carbonyl (C=O) groups excluding carboxylic acids is 1. The Hall–Kier alpha value is -4.19. The minimum absolute atomic E-state index is 0.0320. The number of benzene rings is 2. The number of hydrogen-bond donors (Lipinski definition) is 4. The number of halogens is 3. The monoisotopic (exact) mass is 456 g/mol. The molecule has 33 heavy (non-hydrogen) atoms. The van der Waals surface area contributed by atoms with Crippen molar-refractivity contribution in [1.82, 2.24) is 24.8 Å². The van der Waals surface area contributed by atoms with Gasteiger partial charge in [-0.3, -0.25) is 4.57 Å². The number of imidazole rings is 1. The highest BCUT2D eigenvalue weighted by Gasteiger charge is 2.31. The van der Waals surface area contributed by atoms with Crippen LogP contribution in [0.4, 0.5) is 35.2 Å². The van der Waals surface area contributed by atoms with E-state index in [9.17, 15) is 18.0 Å². The number of urea groups is 1. The normalized spacial score (nSPS) is 11.5. The maximum absolute atomic E-state index is 13.2. The lowest BCUT2D eigenvalue weighted by molar-refractivity contribution is -0.137. The molecule has 0 radical (unpaired) electrons. The quantitative estimate of drug-likeness (QED) is 0.363. The van der Waals surface area contributed by atoms with Gasteiger partial charge in [-0.05, 0) is 55.1 Å². The Morgan fingerprint density at radius 3 is 2.45 bits per heavy atom. The Balaban J connectivity index is 1.50. The molecule has 0 fully saturated rings. The van der Waals surface area contributed by atoms with Crippen LogP contribution in [0.3, 0.4) is 0 Å². The van der Waals surface area contributed by atoms with Crippen LogP contribution in [0.2, 0.25) is 0 Å². The van der Waals surface area contributed by atoms with Crippen molar-refractivity contribution in [3.63, 3.8) is 0 Å². The first kappa shape index (κ1) is 22.0. The van der Waals surface area contributed by atoms with Gasteiger partial charge in [0.05, 0.1) is 5.56 Å². The van der Waals surface area contributed by atoms with Crippen molar-refractivity contribution in [2.24, 2.45) is 0 Å². The topological polar surface area (TPSA) is 123 Å². The van der Waals surface area contributed by atoms with Gasteiger partial charge in [-0.1, -0.05) is 0 Å². The SMILES string of the molecule is CNCc1cc(NC(=O)Nc2ccc(-n3cnc4ncnc(N)c43)cc2)cc(C(F)(F)F)c1. The highest BCUT2D eigenvalue weighted by molar-refractivity contribution is 6.00. The molecule has 0 spiro atoms. The highest BCUT2D eigenvalue weighted by Crippen LogP contribution is 2.32. The van der Waals surface area contributed by atoms with Crippen LogP contribution >= 0.6 is 0 Å². The van der Waals surface area contributed by atoms with Crippen LogP contribution in [0.15, 0.2) is 55.1 Å². The standard InChI is InChI=1S/C21H19F3N8O/c1-26-9-12-6-13(21(22,23)24)8-15(7-12)31-20(33)30-14-2-4-16(5-3-14)32-11-29-19-17(32)18(25)27-10-28-19/h2-8,10-11,26H,9H2,1H3,(H2,25,27,28)(H2,30,31,33). The molecule has 4 aromatic rings. The molecule has 9 nitrogen and oxygen atoms in total. The lowest BCUT2D eigenvalue weighted by Crippen LogP contribution is -2.20. The van der Waals surface area contributed by atoms with Crippen LogP contribution in [-0.2, 0) is 12.7 Å². The number of nitrogen functional groups attached to an aromatic ring is 1. The van der Waals surface area contributed by atoms with Crippen molar-refractivity contribution < 1.29 is 18.0 Å². The second kappa shape index (κ2) is 8.74. The lowest BCUT2D eigenvalue weighted by atomic mass is 10.1. The van der Waals surface area contributed by atoms with E-state index in [-0.39, 0.29) is 18.1 Å². The number of anilines is 3. The summed E-state index contributed by atoms with van der Waals surface area (Å²) in [5.41, 5.74) is 7.65. The molecule has 2 aromatic carbocycles. The number of aromatic nitrogens is 4. The lowest BCUT2D eigenvalue weighted by Gasteiger charge is -2.14. The summed E-state index contributed by atoms with van der Waals surface area (Å²) in [5.74, 6) is 0.276. The zero-order chi connectivity index (χ0) is 23.6. The number of nitrogens with two attached hydrogens (primary N) is 1. The molecule has 4 rings (SSSR count). The van der Waals surface area contributed by atoms with Gasteiger partial charge in [0.1, 0.15) is 18.2 Å². The second-order valence-electron chi connectivity index (χ2n) is 7.12. The van der Waals surface area contributed by atoms with Crippen LogP contribution in [0.1, 0.15) is 11.1 Å². The molecule has 12 heteroatoms. The highest BCUT2D eigenvalue weighted by atomic mass is 19.4. The van der Waals surface area contributed by atoms with Gasteiger partial charge in [0.2, 0.25) is 0 Å². The summed E-state index contributed by atoms with van der Waals surface area (Å²) in [7, 11) is 1.62. The van der Waals surface area contributed by atoms with E-state index in [0.717, 1.165) is 12.1 Å². The Morgan fingerprint density at radius 1 is 1.03 bits per heavy atom. The predicted molar refractivity (Wildman–Crippen MR) is 118 cm³/mol. The van der Waals surface area contributed by atoms with Crippen molar-refractivity contribution in [2.75, 3.05) is 23.4 Å². The van der Waals surface area contributed by atoms with Crippen LogP contribution < -0.4 is 21.7 Å². The third-order valence-electron chi connectivity index (χ3n) is 4.73. The molecule has 0 aliphatic carbocycles. The molecule has 0 unspecified atom stereocenters. The fourth-order valence-electron chi connectivity index (χ4n) is 3.31. The summed E-state index contributed by atoms with van der Waals surface area (Å²) in [6, 6.07) is 9.44. The van der Waals surface area contributed by atoms with Crippen LogP contribution in [0.5, 0.6) is 0 Å². The predicted octanol–water partition coefficient (Wildman–Crippen LogP) is 3.78. The smallest absolute Gasteiger partial charge is 0.382 e. The minimum Gasteiger partial charge on any atom is -0.382 e. The third kappa shape index (κ3) is 4.85. The van der Waals surface area contributed by atoms with Gasteiger partial charge in [-0.15, -0.1) is 0 Å². The fraction of sp³-hybridized carbons (Fsp3) is 0.143. The van der Waals surface area contributed by atoms with Crippen LogP contribution in [0.25, 0.3) is 16.9 Å². The van der Waals surface area contributed by atoms with E-state index < -0.39 is 17.8 Å². The van der Waals surface area contributed by atoms with Gasteiger partial charge in [0.15, 0.2) is 11.5 Å². The molecule has 0 atom stereocenters. The van der Waals surface area contributed by atoms with Crippen molar-refractivity contribution >= 4 is 34.4 Å². The summed E-state index contributed by atoms with van der Waals surface area (Å²) in [4.78, 5) is 24.6. The van der Waals surface area contributed by atoms with Crippen molar-refractivity contribution in [3.8, 4) is 5.69 Å². The molecule has 2 heterocycles. The first-order valence-corrected chi connectivity index (χ1v) is 9.72. The van der Waals surface area contributed by atoms with E-state index in [1.165, 1.54) is 12.4 Å². The zero-order valence-electron chi connectivity index (χ0n) is 17.3. The number of nitrogens with one attached hydrogen (secondary N) is 3. The Labute approximate surface area is 185 Å². The summed E-state index contributed by atoms with van der Waals surface area (Å²) in [6.45, 7) is 0.222. The number of carbonyl (C=O) groups is 1. The van der Waals surface area contributed by atoms with E-state index in [1.807, 2.05) is 0 Å². The largest absolute Gasteiger partial charge is 0.416 e. The van der Waals surface area contributed by atoms with E-state index >= 15 is 0 Å². The van der Waals surface area contributed by atoms with Crippen molar-refractivity contribution in [1.29, 1.82) is 0 Å². The van der Waals surface area contributed by atoms with Crippen molar-refractivity contribution in [2.45, 2.75) is 12.7 Å². The molecular weight excluding hydrogens is 437 g/mol. The van der Waals surface area contributed by atoms with Gasteiger partial charge in [0, 0.05) is 23.6 Å². The maximum Gasteiger partial charge on any atom is 0.416 e.